The van der Waals surface area contributed by atoms with Gasteiger partial charge in [-0.3, -0.25) is 0 Å². The standard InChI is InChI=1S/C12H16F2N2OS/c1-3-7(6-17-2)16-9-5-4-8(12(15)18)10(13)11(9)14/h4-5,7,16H,3,6H2,1-2H3,(H2,15,18). The van der Waals surface area contributed by atoms with E-state index in [1.165, 1.54) is 12.1 Å². The molecule has 100 valence electrons. The van der Waals surface area contributed by atoms with Crippen LogP contribution in [-0.2, 0) is 4.74 Å². The maximum Gasteiger partial charge on any atom is 0.182 e. The molecule has 1 aromatic carbocycles. The zero-order chi connectivity index (χ0) is 13.7. The van der Waals surface area contributed by atoms with Gasteiger partial charge in [0.25, 0.3) is 0 Å². The number of hydrogen-bond acceptors (Lipinski definition) is 3. The van der Waals surface area contributed by atoms with Gasteiger partial charge in [0, 0.05) is 18.7 Å². The minimum absolute atomic E-state index is 0.0800. The predicted molar refractivity (Wildman–Crippen MR) is 71.8 cm³/mol. The van der Waals surface area contributed by atoms with Crippen molar-refractivity contribution >= 4 is 22.9 Å². The van der Waals surface area contributed by atoms with Crippen LogP contribution in [0.3, 0.4) is 0 Å². The summed E-state index contributed by atoms with van der Waals surface area (Å²) >= 11 is 4.64. The first kappa shape index (κ1) is 14.8. The molecule has 0 aliphatic heterocycles. The summed E-state index contributed by atoms with van der Waals surface area (Å²) in [6.45, 7) is 2.34. The molecule has 1 rings (SSSR count). The van der Waals surface area contributed by atoms with Crippen LogP contribution in [0.4, 0.5) is 14.5 Å². The summed E-state index contributed by atoms with van der Waals surface area (Å²) < 4.78 is 32.4. The predicted octanol–water partition coefficient (Wildman–Crippen LogP) is 2.44. The van der Waals surface area contributed by atoms with Gasteiger partial charge in [-0.05, 0) is 18.6 Å². The normalized spacial score (nSPS) is 12.2. The SMILES string of the molecule is CCC(COC)Nc1ccc(C(N)=S)c(F)c1F. The molecule has 1 atom stereocenters. The van der Waals surface area contributed by atoms with E-state index in [0.717, 1.165) is 6.42 Å². The van der Waals surface area contributed by atoms with E-state index in [-0.39, 0.29) is 22.3 Å². The van der Waals surface area contributed by atoms with Crippen molar-refractivity contribution in [2.24, 2.45) is 5.73 Å². The van der Waals surface area contributed by atoms with Gasteiger partial charge in [0.15, 0.2) is 11.6 Å². The number of anilines is 1. The summed E-state index contributed by atoms with van der Waals surface area (Å²) in [5, 5.41) is 2.88. The minimum Gasteiger partial charge on any atom is -0.389 e. The number of rotatable bonds is 6. The molecule has 0 radical (unpaired) electrons. The molecule has 0 amide bonds. The Kier molecular flexibility index (Phi) is 5.43. The quantitative estimate of drug-likeness (QED) is 0.782. The third-order valence-corrected chi connectivity index (χ3v) is 2.79. The topological polar surface area (TPSA) is 47.3 Å². The Morgan fingerprint density at radius 1 is 1.44 bits per heavy atom. The van der Waals surface area contributed by atoms with Crippen molar-refractivity contribution in [1.29, 1.82) is 0 Å². The highest BCUT2D eigenvalue weighted by Gasteiger charge is 2.16. The van der Waals surface area contributed by atoms with Gasteiger partial charge in [-0.25, -0.2) is 8.78 Å². The molecule has 0 saturated carbocycles. The summed E-state index contributed by atoms with van der Waals surface area (Å²) in [6, 6.07) is 2.70. The van der Waals surface area contributed by atoms with Crippen LogP contribution < -0.4 is 11.1 Å². The summed E-state index contributed by atoms with van der Waals surface area (Å²) in [4.78, 5) is -0.165. The number of benzene rings is 1. The molecular formula is C12H16F2N2OS. The highest BCUT2D eigenvalue weighted by Crippen LogP contribution is 2.21. The fraction of sp³-hybridized carbons (Fsp3) is 0.417. The molecule has 1 aromatic rings. The lowest BCUT2D eigenvalue weighted by Crippen LogP contribution is -2.25. The lowest BCUT2D eigenvalue weighted by atomic mass is 10.1. The Labute approximate surface area is 110 Å². The third-order valence-electron chi connectivity index (χ3n) is 2.57. The average Bonchev–Trinajstić information content (AvgIpc) is 2.33. The van der Waals surface area contributed by atoms with Crippen LogP contribution in [-0.4, -0.2) is 24.7 Å². The molecule has 3 nitrogen and oxygen atoms in total. The highest BCUT2D eigenvalue weighted by molar-refractivity contribution is 7.80. The van der Waals surface area contributed by atoms with E-state index in [1.54, 1.807) is 7.11 Å². The molecule has 0 fully saturated rings. The Balaban J connectivity index is 2.98. The van der Waals surface area contributed by atoms with Gasteiger partial charge in [-0.2, -0.15) is 0 Å². The first-order valence-electron chi connectivity index (χ1n) is 5.54. The molecule has 0 heterocycles. The van der Waals surface area contributed by atoms with Crippen LogP contribution in [0.1, 0.15) is 18.9 Å². The fourth-order valence-corrected chi connectivity index (χ4v) is 1.69. The second kappa shape index (κ2) is 6.61. The number of methoxy groups -OCH3 is 1. The second-order valence-corrected chi connectivity index (χ2v) is 4.30. The van der Waals surface area contributed by atoms with Crippen molar-refractivity contribution in [3.8, 4) is 0 Å². The molecule has 0 saturated heterocycles. The lowest BCUT2D eigenvalue weighted by Gasteiger charge is -2.18. The largest absolute Gasteiger partial charge is 0.389 e. The Hall–Kier alpha value is -1.27. The van der Waals surface area contributed by atoms with E-state index in [9.17, 15) is 8.78 Å². The Morgan fingerprint density at radius 3 is 2.61 bits per heavy atom. The number of ether oxygens (including phenoxy) is 1. The molecule has 0 aliphatic carbocycles. The zero-order valence-corrected chi connectivity index (χ0v) is 11.1. The summed E-state index contributed by atoms with van der Waals surface area (Å²) in [7, 11) is 1.55. The summed E-state index contributed by atoms with van der Waals surface area (Å²) in [5.74, 6) is -2.00. The molecule has 0 bridgehead atoms. The fourth-order valence-electron chi connectivity index (χ4n) is 1.53. The molecular weight excluding hydrogens is 258 g/mol. The van der Waals surface area contributed by atoms with E-state index < -0.39 is 11.6 Å². The maximum absolute atomic E-state index is 13.8. The van der Waals surface area contributed by atoms with E-state index in [0.29, 0.717) is 6.61 Å². The summed E-state index contributed by atoms with van der Waals surface area (Å²) in [5.41, 5.74) is 5.28. The number of thiocarbonyl (C=S) groups is 1. The van der Waals surface area contributed by atoms with Crippen molar-refractivity contribution in [3.05, 3.63) is 29.3 Å². The van der Waals surface area contributed by atoms with Crippen LogP contribution in [0, 0.1) is 11.6 Å². The van der Waals surface area contributed by atoms with Gasteiger partial charge >= 0.3 is 0 Å². The highest BCUT2D eigenvalue weighted by atomic mass is 32.1. The van der Waals surface area contributed by atoms with Crippen LogP contribution in [0.5, 0.6) is 0 Å². The maximum atomic E-state index is 13.8. The molecule has 0 spiro atoms. The average molecular weight is 274 g/mol. The number of nitrogens with one attached hydrogen (secondary N) is 1. The van der Waals surface area contributed by atoms with Crippen LogP contribution in [0.15, 0.2) is 12.1 Å². The minimum atomic E-state index is -1.03. The third kappa shape index (κ3) is 3.36. The first-order valence-corrected chi connectivity index (χ1v) is 5.95. The van der Waals surface area contributed by atoms with Gasteiger partial charge in [-0.15, -0.1) is 0 Å². The van der Waals surface area contributed by atoms with Crippen molar-refractivity contribution in [1.82, 2.24) is 0 Å². The van der Waals surface area contributed by atoms with Crippen molar-refractivity contribution in [3.63, 3.8) is 0 Å². The molecule has 3 N–H and O–H groups in total. The molecule has 0 aliphatic rings. The van der Waals surface area contributed by atoms with Gasteiger partial charge in [0.05, 0.1) is 12.3 Å². The smallest absolute Gasteiger partial charge is 0.182 e. The summed E-state index contributed by atoms with van der Waals surface area (Å²) in [6.07, 6.45) is 0.728. The van der Waals surface area contributed by atoms with Gasteiger partial charge in [0.1, 0.15) is 4.99 Å². The van der Waals surface area contributed by atoms with E-state index in [1.807, 2.05) is 6.92 Å². The van der Waals surface area contributed by atoms with Crippen molar-refractivity contribution in [2.45, 2.75) is 19.4 Å². The van der Waals surface area contributed by atoms with Gasteiger partial charge < -0.3 is 15.8 Å². The zero-order valence-electron chi connectivity index (χ0n) is 10.3. The van der Waals surface area contributed by atoms with Gasteiger partial charge in [0.2, 0.25) is 0 Å². The van der Waals surface area contributed by atoms with Crippen molar-refractivity contribution in [2.75, 3.05) is 19.0 Å². The lowest BCUT2D eigenvalue weighted by molar-refractivity contribution is 0.184. The Bertz CT molecular complexity index is 440. The van der Waals surface area contributed by atoms with Crippen molar-refractivity contribution < 1.29 is 13.5 Å². The second-order valence-electron chi connectivity index (χ2n) is 3.86. The molecule has 6 heteroatoms. The van der Waals surface area contributed by atoms with E-state index in [4.69, 9.17) is 10.5 Å². The molecule has 0 aromatic heterocycles. The van der Waals surface area contributed by atoms with Gasteiger partial charge in [-0.1, -0.05) is 19.1 Å². The van der Waals surface area contributed by atoms with E-state index in [2.05, 4.69) is 17.5 Å². The Morgan fingerprint density at radius 2 is 2.11 bits per heavy atom. The van der Waals surface area contributed by atoms with Crippen LogP contribution in [0.25, 0.3) is 0 Å². The molecule has 1 unspecified atom stereocenters. The van der Waals surface area contributed by atoms with Crippen LogP contribution >= 0.6 is 12.2 Å². The number of hydrogen-bond donors (Lipinski definition) is 2. The monoisotopic (exact) mass is 274 g/mol. The molecule has 18 heavy (non-hydrogen) atoms. The number of halogens is 2. The van der Waals surface area contributed by atoms with E-state index >= 15 is 0 Å². The number of nitrogens with two attached hydrogens (primary N) is 1. The van der Waals surface area contributed by atoms with Crippen LogP contribution in [0.2, 0.25) is 0 Å². The first-order chi connectivity index (χ1) is 8.51.